The fraction of sp³-hybridized carbons (Fsp3) is 0.667. The highest BCUT2D eigenvalue weighted by atomic mass is 79.9. The molecular weight excluding hydrogens is 296 g/mol. The van der Waals surface area contributed by atoms with E-state index in [4.69, 9.17) is 0 Å². The molecule has 1 heteroatoms. The molecular formula is C18H27Br. The summed E-state index contributed by atoms with van der Waals surface area (Å²) in [5.74, 6) is 0.935. The van der Waals surface area contributed by atoms with Gasteiger partial charge in [-0.1, -0.05) is 41.6 Å². The third-order valence-electron chi connectivity index (χ3n) is 5.39. The minimum atomic E-state index is 0.536. The molecule has 0 aliphatic heterocycles. The monoisotopic (exact) mass is 322 g/mol. The summed E-state index contributed by atoms with van der Waals surface area (Å²) >= 11 is 3.99. The Bertz CT molecular complexity index is 438. The maximum Gasteiger partial charge on any atom is 0.0403 e. The summed E-state index contributed by atoms with van der Waals surface area (Å²) in [7, 11) is 0. The highest BCUT2D eigenvalue weighted by molar-refractivity contribution is 9.09. The summed E-state index contributed by atoms with van der Waals surface area (Å²) in [5.41, 5.74) is 9.00. The van der Waals surface area contributed by atoms with Gasteiger partial charge in [-0.2, -0.15) is 0 Å². The molecule has 0 spiro atoms. The Hall–Kier alpha value is -0.300. The third-order valence-corrected chi connectivity index (χ3v) is 6.22. The fourth-order valence-electron chi connectivity index (χ4n) is 3.66. The lowest BCUT2D eigenvalue weighted by Gasteiger charge is -2.24. The van der Waals surface area contributed by atoms with Crippen LogP contribution >= 0.6 is 15.9 Å². The minimum absolute atomic E-state index is 0.536. The van der Waals surface area contributed by atoms with Crippen LogP contribution in [-0.4, -0.2) is 0 Å². The Balaban J connectivity index is 2.32. The van der Waals surface area contributed by atoms with E-state index < -0.39 is 0 Å². The molecule has 1 atom stereocenters. The molecule has 0 aromatic heterocycles. The third kappa shape index (κ3) is 2.91. The molecule has 2 rings (SSSR count). The fourth-order valence-corrected chi connectivity index (χ4v) is 4.87. The predicted molar refractivity (Wildman–Crippen MR) is 88.4 cm³/mol. The molecule has 0 heterocycles. The maximum absolute atomic E-state index is 3.99. The summed E-state index contributed by atoms with van der Waals surface area (Å²) in [6, 6.07) is 0. The van der Waals surface area contributed by atoms with E-state index in [0.29, 0.717) is 4.83 Å². The second kappa shape index (κ2) is 5.99. The van der Waals surface area contributed by atoms with E-state index >= 15 is 0 Å². The van der Waals surface area contributed by atoms with Crippen LogP contribution in [0.3, 0.4) is 0 Å². The van der Waals surface area contributed by atoms with Crippen LogP contribution in [0, 0.1) is 40.5 Å². The lowest BCUT2D eigenvalue weighted by atomic mass is 9.86. The lowest BCUT2D eigenvalue weighted by molar-refractivity contribution is 0.500. The van der Waals surface area contributed by atoms with Gasteiger partial charge < -0.3 is 0 Å². The Kier molecular flexibility index (Phi) is 4.76. The van der Waals surface area contributed by atoms with E-state index in [1.807, 2.05) is 0 Å². The van der Waals surface area contributed by atoms with Crippen molar-refractivity contribution in [3.63, 3.8) is 0 Å². The van der Waals surface area contributed by atoms with Gasteiger partial charge in [-0.25, -0.2) is 0 Å². The molecule has 1 aromatic rings. The van der Waals surface area contributed by atoms with Gasteiger partial charge in [0.25, 0.3) is 0 Å². The van der Waals surface area contributed by atoms with Crippen molar-refractivity contribution in [2.45, 2.75) is 71.5 Å². The van der Waals surface area contributed by atoms with E-state index in [2.05, 4.69) is 50.5 Å². The molecule has 1 aliphatic rings. The summed E-state index contributed by atoms with van der Waals surface area (Å²) in [6.45, 7) is 11.4. The van der Waals surface area contributed by atoms with E-state index in [9.17, 15) is 0 Å². The number of benzene rings is 1. The zero-order valence-corrected chi connectivity index (χ0v) is 14.7. The smallest absolute Gasteiger partial charge is 0.0403 e. The molecule has 0 radical (unpaired) electrons. The Labute approximate surface area is 127 Å². The van der Waals surface area contributed by atoms with Crippen LogP contribution in [-0.2, 0) is 0 Å². The molecule has 0 nitrogen and oxygen atoms in total. The molecule has 0 amide bonds. The quantitative estimate of drug-likeness (QED) is 0.577. The van der Waals surface area contributed by atoms with Crippen molar-refractivity contribution < 1.29 is 0 Å². The largest absolute Gasteiger partial charge is 0.0838 e. The first-order valence-corrected chi connectivity index (χ1v) is 8.56. The topological polar surface area (TPSA) is 0 Å². The van der Waals surface area contributed by atoms with Gasteiger partial charge in [-0.15, -0.1) is 0 Å². The van der Waals surface area contributed by atoms with Crippen molar-refractivity contribution in [3.8, 4) is 0 Å². The zero-order valence-electron chi connectivity index (χ0n) is 13.1. The molecule has 1 saturated carbocycles. The van der Waals surface area contributed by atoms with Crippen molar-refractivity contribution in [3.05, 3.63) is 33.4 Å². The highest BCUT2D eigenvalue weighted by Gasteiger charge is 2.23. The molecule has 0 N–H and O–H groups in total. The van der Waals surface area contributed by atoms with Crippen LogP contribution in [0.4, 0.5) is 0 Å². The standard InChI is InChI=1S/C18H27Br/c1-11-12(2)14(4)18(15(5)13(11)3)17(19)10-16-8-6-7-9-16/h16-17H,6-10H2,1-5H3. The lowest BCUT2D eigenvalue weighted by Crippen LogP contribution is -2.07. The van der Waals surface area contributed by atoms with Crippen molar-refractivity contribution in [1.82, 2.24) is 0 Å². The van der Waals surface area contributed by atoms with Crippen molar-refractivity contribution in [2.75, 3.05) is 0 Å². The Morgan fingerprint density at radius 3 is 1.74 bits per heavy atom. The molecule has 1 fully saturated rings. The van der Waals surface area contributed by atoms with Crippen molar-refractivity contribution in [1.29, 1.82) is 0 Å². The maximum atomic E-state index is 3.99. The molecule has 1 aliphatic carbocycles. The number of hydrogen-bond donors (Lipinski definition) is 0. The van der Waals surface area contributed by atoms with Gasteiger partial charge >= 0.3 is 0 Å². The van der Waals surface area contributed by atoms with Crippen LogP contribution < -0.4 is 0 Å². The average Bonchev–Trinajstić information content (AvgIpc) is 2.87. The summed E-state index contributed by atoms with van der Waals surface area (Å²) in [4.78, 5) is 0.536. The first kappa shape index (κ1) is 15.1. The Morgan fingerprint density at radius 1 is 0.842 bits per heavy atom. The first-order chi connectivity index (χ1) is 8.93. The van der Waals surface area contributed by atoms with Crippen molar-refractivity contribution >= 4 is 15.9 Å². The zero-order chi connectivity index (χ0) is 14.2. The molecule has 106 valence electrons. The number of halogens is 1. The summed E-state index contributed by atoms with van der Waals surface area (Å²) in [6.07, 6.45) is 7.06. The van der Waals surface area contributed by atoms with Gasteiger partial charge in [0.1, 0.15) is 0 Å². The molecule has 1 aromatic carbocycles. The van der Waals surface area contributed by atoms with E-state index in [1.54, 1.807) is 5.56 Å². The normalized spacial score (nSPS) is 18.0. The van der Waals surface area contributed by atoms with Crippen LogP contribution in [0.2, 0.25) is 0 Å². The van der Waals surface area contributed by atoms with Gasteiger partial charge in [0.05, 0.1) is 0 Å². The number of alkyl halides is 1. The molecule has 19 heavy (non-hydrogen) atoms. The van der Waals surface area contributed by atoms with E-state index in [1.165, 1.54) is 59.9 Å². The second-order valence-corrected chi connectivity index (χ2v) is 7.50. The van der Waals surface area contributed by atoms with E-state index in [0.717, 1.165) is 5.92 Å². The number of rotatable bonds is 3. The van der Waals surface area contributed by atoms with Crippen molar-refractivity contribution in [2.24, 2.45) is 5.92 Å². The second-order valence-electron chi connectivity index (χ2n) is 6.39. The summed E-state index contributed by atoms with van der Waals surface area (Å²) in [5, 5.41) is 0. The first-order valence-electron chi connectivity index (χ1n) is 7.64. The molecule has 1 unspecified atom stereocenters. The van der Waals surface area contributed by atoms with Gasteiger partial charge in [0.2, 0.25) is 0 Å². The van der Waals surface area contributed by atoms with Gasteiger partial charge in [0, 0.05) is 4.83 Å². The van der Waals surface area contributed by atoms with Gasteiger partial charge in [-0.05, 0) is 80.3 Å². The Morgan fingerprint density at radius 2 is 1.26 bits per heavy atom. The minimum Gasteiger partial charge on any atom is -0.0838 e. The van der Waals surface area contributed by atoms with Crippen LogP contribution in [0.15, 0.2) is 0 Å². The predicted octanol–water partition coefficient (Wildman–Crippen LogP) is 6.25. The summed E-state index contributed by atoms with van der Waals surface area (Å²) < 4.78 is 0. The van der Waals surface area contributed by atoms with E-state index in [-0.39, 0.29) is 0 Å². The van der Waals surface area contributed by atoms with Crippen LogP contribution in [0.25, 0.3) is 0 Å². The van der Waals surface area contributed by atoms with Gasteiger partial charge in [0.15, 0.2) is 0 Å². The number of hydrogen-bond acceptors (Lipinski definition) is 0. The highest BCUT2D eigenvalue weighted by Crippen LogP contribution is 2.41. The molecule has 0 bridgehead atoms. The van der Waals surface area contributed by atoms with Crippen LogP contribution in [0.5, 0.6) is 0 Å². The van der Waals surface area contributed by atoms with Crippen LogP contribution in [0.1, 0.15) is 70.3 Å². The van der Waals surface area contributed by atoms with Gasteiger partial charge in [-0.3, -0.25) is 0 Å². The molecule has 0 saturated heterocycles. The average molecular weight is 323 g/mol. The SMILES string of the molecule is Cc1c(C)c(C)c(C(Br)CC2CCCC2)c(C)c1C.